The molecule has 0 saturated carbocycles. The first-order chi connectivity index (χ1) is 11.5. The number of aryl methyl sites for hydroxylation is 1. The first-order valence-electron chi connectivity index (χ1n) is 7.94. The summed E-state index contributed by atoms with van der Waals surface area (Å²) >= 11 is 0. The van der Waals surface area contributed by atoms with E-state index in [1.54, 1.807) is 24.0 Å². The number of carbonyl (C=O) groups excluding carboxylic acids is 1. The molecule has 128 valence electrons. The van der Waals surface area contributed by atoms with Crippen molar-refractivity contribution in [3.05, 3.63) is 41.5 Å². The van der Waals surface area contributed by atoms with Gasteiger partial charge in [-0.25, -0.2) is 9.07 Å². The molecule has 2 heterocycles. The Labute approximate surface area is 139 Å². The fourth-order valence-corrected chi connectivity index (χ4v) is 2.92. The summed E-state index contributed by atoms with van der Waals surface area (Å²) in [5.74, 6) is 0.142. The molecule has 1 aromatic heterocycles. The zero-order valence-electron chi connectivity index (χ0n) is 13.7. The van der Waals surface area contributed by atoms with Crippen molar-refractivity contribution in [3.8, 4) is 0 Å². The summed E-state index contributed by atoms with van der Waals surface area (Å²) < 4.78 is 20.5. The molecule has 2 atom stereocenters. The summed E-state index contributed by atoms with van der Waals surface area (Å²) in [6, 6.07) is 5.64. The van der Waals surface area contributed by atoms with Gasteiger partial charge in [-0.2, -0.15) is 0 Å². The van der Waals surface area contributed by atoms with Crippen molar-refractivity contribution in [2.24, 2.45) is 0 Å². The molecule has 0 unspecified atom stereocenters. The molecule has 1 aliphatic rings. The van der Waals surface area contributed by atoms with E-state index in [4.69, 9.17) is 4.74 Å². The van der Waals surface area contributed by atoms with Crippen molar-refractivity contribution in [3.63, 3.8) is 0 Å². The molecule has 1 aromatic carbocycles. The third kappa shape index (κ3) is 3.59. The second kappa shape index (κ2) is 7.04. The molecule has 24 heavy (non-hydrogen) atoms. The van der Waals surface area contributed by atoms with Gasteiger partial charge in [0.05, 0.1) is 12.7 Å². The van der Waals surface area contributed by atoms with E-state index in [2.05, 4.69) is 15.5 Å². The van der Waals surface area contributed by atoms with E-state index in [1.807, 2.05) is 6.92 Å². The molecule has 3 rings (SSSR count). The molecule has 0 aliphatic carbocycles. The van der Waals surface area contributed by atoms with Crippen molar-refractivity contribution < 1.29 is 13.9 Å². The number of aromatic nitrogens is 4. The highest BCUT2D eigenvalue weighted by atomic mass is 19.1. The highest BCUT2D eigenvalue weighted by Gasteiger charge is 2.31. The third-order valence-corrected chi connectivity index (χ3v) is 4.11. The van der Waals surface area contributed by atoms with Gasteiger partial charge in [-0.1, -0.05) is 12.1 Å². The number of hydrogen-bond acceptors (Lipinski definition) is 5. The van der Waals surface area contributed by atoms with Crippen LogP contribution in [0.1, 0.15) is 24.4 Å². The Morgan fingerprint density at radius 2 is 2.33 bits per heavy atom. The Morgan fingerprint density at radius 3 is 3.00 bits per heavy atom. The molecular formula is C16H20FN5O2. The van der Waals surface area contributed by atoms with Gasteiger partial charge in [0.15, 0.2) is 0 Å². The van der Waals surface area contributed by atoms with Gasteiger partial charge in [0.25, 0.3) is 0 Å². The second-order valence-corrected chi connectivity index (χ2v) is 5.99. The van der Waals surface area contributed by atoms with Gasteiger partial charge in [0.2, 0.25) is 5.91 Å². The minimum absolute atomic E-state index is 0.00696. The Bertz CT molecular complexity index is 720. The fourth-order valence-electron chi connectivity index (χ4n) is 2.92. The van der Waals surface area contributed by atoms with Crippen LogP contribution in [-0.4, -0.2) is 56.8 Å². The van der Waals surface area contributed by atoms with E-state index in [0.717, 1.165) is 5.56 Å². The Hall–Kier alpha value is -2.35. The van der Waals surface area contributed by atoms with Crippen LogP contribution in [0.3, 0.4) is 0 Å². The minimum atomic E-state index is -0.605. The van der Waals surface area contributed by atoms with Crippen molar-refractivity contribution in [1.82, 2.24) is 25.1 Å². The highest BCUT2D eigenvalue weighted by molar-refractivity contribution is 5.81. The number of nitrogens with zero attached hydrogens (tertiary/aromatic N) is 5. The zero-order chi connectivity index (χ0) is 17.1. The van der Waals surface area contributed by atoms with Crippen LogP contribution >= 0.6 is 0 Å². The fraction of sp³-hybridized carbons (Fsp3) is 0.500. The van der Waals surface area contributed by atoms with Gasteiger partial charge in [-0.3, -0.25) is 4.79 Å². The van der Waals surface area contributed by atoms with Gasteiger partial charge in [0.1, 0.15) is 17.7 Å². The lowest BCUT2D eigenvalue weighted by molar-refractivity contribution is -0.142. The topological polar surface area (TPSA) is 73.1 Å². The van der Waals surface area contributed by atoms with E-state index in [1.165, 1.54) is 16.8 Å². The molecule has 1 aliphatic heterocycles. The molecule has 1 amide bonds. The maximum Gasteiger partial charge on any atom is 0.248 e. The number of benzene rings is 1. The van der Waals surface area contributed by atoms with Gasteiger partial charge < -0.3 is 9.64 Å². The summed E-state index contributed by atoms with van der Waals surface area (Å²) in [4.78, 5) is 14.8. The van der Waals surface area contributed by atoms with Crippen LogP contribution in [0, 0.1) is 12.7 Å². The van der Waals surface area contributed by atoms with Crippen LogP contribution in [0.5, 0.6) is 0 Å². The predicted octanol–water partition coefficient (Wildman–Crippen LogP) is 1.15. The summed E-state index contributed by atoms with van der Waals surface area (Å²) in [5, 5.41) is 11.5. The maximum atomic E-state index is 13.5. The third-order valence-electron chi connectivity index (χ3n) is 4.11. The molecule has 0 spiro atoms. The van der Waals surface area contributed by atoms with Crippen LogP contribution in [-0.2, 0) is 16.0 Å². The first kappa shape index (κ1) is 16.5. The smallest absolute Gasteiger partial charge is 0.248 e. The van der Waals surface area contributed by atoms with Gasteiger partial charge in [0, 0.05) is 19.5 Å². The Balaban J connectivity index is 1.87. The van der Waals surface area contributed by atoms with E-state index < -0.39 is 6.04 Å². The highest BCUT2D eigenvalue weighted by Crippen LogP contribution is 2.20. The molecule has 0 radical (unpaired) electrons. The molecule has 0 bridgehead atoms. The van der Waals surface area contributed by atoms with E-state index in [9.17, 15) is 9.18 Å². The van der Waals surface area contributed by atoms with E-state index >= 15 is 0 Å². The van der Waals surface area contributed by atoms with Crippen molar-refractivity contribution in [2.45, 2.75) is 32.4 Å². The number of rotatable bonds is 4. The van der Waals surface area contributed by atoms with Gasteiger partial charge in [-0.05, 0) is 42.0 Å². The monoisotopic (exact) mass is 333 g/mol. The van der Waals surface area contributed by atoms with Crippen LogP contribution < -0.4 is 0 Å². The van der Waals surface area contributed by atoms with Gasteiger partial charge >= 0.3 is 0 Å². The summed E-state index contributed by atoms with van der Waals surface area (Å²) in [7, 11) is 0. The molecule has 2 aromatic rings. The van der Waals surface area contributed by atoms with E-state index in [0.29, 0.717) is 31.9 Å². The number of ether oxygens (including phenoxy) is 1. The maximum absolute atomic E-state index is 13.5. The number of morpholine rings is 1. The quantitative estimate of drug-likeness (QED) is 0.839. The van der Waals surface area contributed by atoms with Crippen molar-refractivity contribution in [1.29, 1.82) is 0 Å². The van der Waals surface area contributed by atoms with Crippen molar-refractivity contribution >= 4 is 5.91 Å². The summed E-state index contributed by atoms with van der Waals surface area (Å²) in [5.41, 5.74) is 0.726. The summed E-state index contributed by atoms with van der Waals surface area (Å²) in [6.45, 7) is 5.24. The standard InChI is InChI=1S/C16H20FN5O2/c1-11-10-21(6-7-24-11)16(23)15(22-12(2)18-19-20-22)9-13-4-3-5-14(17)8-13/h3-5,8,11,15H,6-7,9-10H2,1-2H3/t11-,15+/m0/s1. The SMILES string of the molecule is Cc1nnnn1[C@H](Cc1cccc(F)c1)C(=O)N1CCO[C@@H](C)C1. The predicted molar refractivity (Wildman–Crippen MR) is 83.7 cm³/mol. The number of carbonyl (C=O) groups is 1. The van der Waals surface area contributed by atoms with Crippen LogP contribution in [0.2, 0.25) is 0 Å². The number of amides is 1. The van der Waals surface area contributed by atoms with Crippen LogP contribution in [0.4, 0.5) is 4.39 Å². The normalized spacial score (nSPS) is 19.3. The molecule has 1 saturated heterocycles. The lowest BCUT2D eigenvalue weighted by Gasteiger charge is -2.33. The van der Waals surface area contributed by atoms with E-state index in [-0.39, 0.29) is 17.8 Å². The molecular weight excluding hydrogens is 313 g/mol. The molecule has 7 nitrogen and oxygen atoms in total. The van der Waals surface area contributed by atoms with Crippen molar-refractivity contribution in [2.75, 3.05) is 19.7 Å². The zero-order valence-corrected chi connectivity index (χ0v) is 13.7. The lowest BCUT2D eigenvalue weighted by atomic mass is 10.0. The second-order valence-electron chi connectivity index (χ2n) is 5.99. The molecule has 1 fully saturated rings. The molecule has 0 N–H and O–H groups in total. The van der Waals surface area contributed by atoms with Gasteiger partial charge in [-0.15, -0.1) is 5.10 Å². The number of tetrazole rings is 1. The lowest BCUT2D eigenvalue weighted by Crippen LogP contribution is -2.48. The first-order valence-corrected chi connectivity index (χ1v) is 7.94. The number of hydrogen-bond donors (Lipinski definition) is 0. The average Bonchev–Trinajstić information content (AvgIpc) is 2.98. The summed E-state index contributed by atoms with van der Waals surface area (Å²) in [6.07, 6.45) is 0.321. The van der Waals surface area contributed by atoms with Crippen LogP contribution in [0.15, 0.2) is 24.3 Å². The average molecular weight is 333 g/mol. The molecule has 8 heteroatoms. The van der Waals surface area contributed by atoms with Crippen LogP contribution in [0.25, 0.3) is 0 Å². The Kier molecular flexibility index (Phi) is 4.84. The number of halogens is 1. The Morgan fingerprint density at radius 1 is 1.50 bits per heavy atom. The minimum Gasteiger partial charge on any atom is -0.375 e. The largest absolute Gasteiger partial charge is 0.375 e.